The summed E-state index contributed by atoms with van der Waals surface area (Å²) in [5.74, 6) is 0.844. The van der Waals surface area contributed by atoms with Crippen LogP contribution >= 0.6 is 0 Å². The molecule has 3 rings (SSSR count). The van der Waals surface area contributed by atoms with E-state index in [2.05, 4.69) is 79.7 Å². The van der Waals surface area contributed by atoms with Gasteiger partial charge in [0.1, 0.15) is 0 Å². The summed E-state index contributed by atoms with van der Waals surface area (Å²) >= 11 is 0. The second-order valence-electron chi connectivity index (χ2n) is 5.96. The standard InChI is InChI=1S/C19H25N5/c1-20-19(22-14-16-8-12-23(2)15-16)21-10-5-11-24-13-9-17-6-3-4-7-18(17)24/h3-4,6-9,12-13,15H,5,10-11,14H2,1-2H3,(H2,20,21,22). The van der Waals surface area contributed by atoms with Gasteiger partial charge in [0.15, 0.2) is 5.96 Å². The highest BCUT2D eigenvalue weighted by atomic mass is 15.2. The molecule has 0 fully saturated rings. The van der Waals surface area contributed by atoms with Crippen molar-refractivity contribution >= 4 is 16.9 Å². The highest BCUT2D eigenvalue weighted by Crippen LogP contribution is 2.15. The molecule has 5 nitrogen and oxygen atoms in total. The molecule has 0 amide bonds. The van der Waals surface area contributed by atoms with E-state index < -0.39 is 0 Å². The SMILES string of the molecule is CN=C(NCCCn1ccc2ccccc21)NCc1ccn(C)c1. The minimum Gasteiger partial charge on any atom is -0.357 e. The summed E-state index contributed by atoms with van der Waals surface area (Å²) in [6.45, 7) is 2.67. The molecular weight excluding hydrogens is 298 g/mol. The number of hydrogen-bond donors (Lipinski definition) is 2. The summed E-state index contributed by atoms with van der Waals surface area (Å²) in [4.78, 5) is 4.28. The number of aromatic nitrogens is 2. The van der Waals surface area contributed by atoms with E-state index in [1.807, 2.05) is 7.05 Å². The Morgan fingerprint density at radius 3 is 2.75 bits per heavy atom. The first-order valence-electron chi connectivity index (χ1n) is 8.35. The third-order valence-electron chi connectivity index (χ3n) is 4.13. The number of nitrogens with zero attached hydrogens (tertiary/aromatic N) is 3. The first-order chi connectivity index (χ1) is 11.8. The lowest BCUT2D eigenvalue weighted by Crippen LogP contribution is -2.37. The number of guanidine groups is 1. The number of aliphatic imine (C=N–C) groups is 1. The number of nitrogens with one attached hydrogen (secondary N) is 2. The fraction of sp³-hybridized carbons (Fsp3) is 0.316. The van der Waals surface area contributed by atoms with Crippen LogP contribution in [0.2, 0.25) is 0 Å². The van der Waals surface area contributed by atoms with Crippen LogP contribution in [0.15, 0.2) is 60.0 Å². The molecule has 2 aromatic heterocycles. The average molecular weight is 323 g/mol. The fourth-order valence-electron chi connectivity index (χ4n) is 2.86. The van der Waals surface area contributed by atoms with Crippen LogP contribution in [0.4, 0.5) is 0 Å². The van der Waals surface area contributed by atoms with E-state index in [9.17, 15) is 0 Å². The Kier molecular flexibility index (Phi) is 5.21. The first-order valence-corrected chi connectivity index (χ1v) is 8.35. The van der Waals surface area contributed by atoms with E-state index in [1.165, 1.54) is 16.5 Å². The lowest BCUT2D eigenvalue weighted by molar-refractivity contribution is 0.640. The zero-order chi connectivity index (χ0) is 16.8. The third kappa shape index (κ3) is 3.98. The van der Waals surface area contributed by atoms with Crippen molar-refractivity contribution in [2.24, 2.45) is 12.0 Å². The van der Waals surface area contributed by atoms with Crippen LogP contribution in [-0.4, -0.2) is 28.7 Å². The molecule has 0 aliphatic carbocycles. The van der Waals surface area contributed by atoms with Crippen LogP contribution in [0.1, 0.15) is 12.0 Å². The van der Waals surface area contributed by atoms with Crippen molar-refractivity contribution < 1.29 is 0 Å². The lowest BCUT2D eigenvalue weighted by atomic mass is 10.2. The van der Waals surface area contributed by atoms with Gasteiger partial charge in [-0.25, -0.2) is 0 Å². The minimum atomic E-state index is 0.781. The summed E-state index contributed by atoms with van der Waals surface area (Å²) in [7, 11) is 3.83. The van der Waals surface area contributed by atoms with Crippen LogP contribution < -0.4 is 10.6 Å². The van der Waals surface area contributed by atoms with Gasteiger partial charge >= 0.3 is 0 Å². The predicted octanol–water partition coefficient (Wildman–Crippen LogP) is 2.74. The van der Waals surface area contributed by atoms with Crippen LogP contribution in [0, 0.1) is 0 Å². The van der Waals surface area contributed by atoms with E-state index in [4.69, 9.17) is 0 Å². The van der Waals surface area contributed by atoms with Gasteiger partial charge in [-0.2, -0.15) is 0 Å². The molecule has 0 radical (unpaired) electrons. The summed E-state index contributed by atoms with van der Waals surface area (Å²) in [5, 5.41) is 8.01. The number of aryl methyl sites for hydroxylation is 2. The molecule has 0 bridgehead atoms. The molecule has 5 heteroatoms. The molecule has 24 heavy (non-hydrogen) atoms. The van der Waals surface area contributed by atoms with Gasteiger partial charge in [-0.1, -0.05) is 18.2 Å². The second-order valence-corrected chi connectivity index (χ2v) is 5.96. The number of benzene rings is 1. The highest BCUT2D eigenvalue weighted by molar-refractivity contribution is 5.80. The van der Waals surface area contributed by atoms with Gasteiger partial charge in [-0.15, -0.1) is 0 Å². The summed E-state index contributed by atoms with van der Waals surface area (Å²) < 4.78 is 4.35. The smallest absolute Gasteiger partial charge is 0.191 e. The first kappa shape index (κ1) is 16.2. The van der Waals surface area contributed by atoms with E-state index in [0.717, 1.165) is 32.0 Å². The van der Waals surface area contributed by atoms with Crippen molar-refractivity contribution in [3.8, 4) is 0 Å². The summed E-state index contributed by atoms with van der Waals surface area (Å²) in [6.07, 6.45) is 7.36. The molecule has 126 valence electrons. The molecule has 0 aliphatic rings. The van der Waals surface area contributed by atoms with E-state index in [-0.39, 0.29) is 0 Å². The summed E-state index contributed by atoms with van der Waals surface area (Å²) in [5.41, 5.74) is 2.54. The molecule has 1 aromatic carbocycles. The number of rotatable bonds is 6. The summed E-state index contributed by atoms with van der Waals surface area (Å²) in [6, 6.07) is 12.8. The lowest BCUT2D eigenvalue weighted by Gasteiger charge is -2.12. The number of hydrogen-bond acceptors (Lipinski definition) is 1. The zero-order valence-corrected chi connectivity index (χ0v) is 14.4. The molecule has 3 aromatic rings. The average Bonchev–Trinajstić information content (AvgIpc) is 3.20. The predicted molar refractivity (Wildman–Crippen MR) is 100 cm³/mol. The Bertz CT molecular complexity index is 812. The van der Waals surface area contributed by atoms with Crippen LogP contribution in [0.5, 0.6) is 0 Å². The van der Waals surface area contributed by atoms with E-state index >= 15 is 0 Å². The Labute approximate surface area is 143 Å². The monoisotopic (exact) mass is 323 g/mol. The van der Waals surface area contributed by atoms with Crippen LogP contribution in [0.3, 0.4) is 0 Å². The maximum atomic E-state index is 4.28. The van der Waals surface area contributed by atoms with Crippen molar-refractivity contribution in [3.63, 3.8) is 0 Å². The Balaban J connectivity index is 1.43. The molecule has 2 N–H and O–H groups in total. The second kappa shape index (κ2) is 7.73. The van der Waals surface area contributed by atoms with Crippen molar-refractivity contribution in [1.82, 2.24) is 19.8 Å². The van der Waals surface area contributed by atoms with Crippen LogP contribution in [0.25, 0.3) is 10.9 Å². The van der Waals surface area contributed by atoms with Crippen molar-refractivity contribution in [2.75, 3.05) is 13.6 Å². The quantitative estimate of drug-likeness (QED) is 0.416. The van der Waals surface area contributed by atoms with E-state index in [1.54, 1.807) is 7.05 Å². The topological polar surface area (TPSA) is 46.3 Å². The van der Waals surface area contributed by atoms with Gasteiger partial charge in [-0.3, -0.25) is 4.99 Å². The van der Waals surface area contributed by atoms with Gasteiger partial charge in [-0.05, 0) is 35.6 Å². The Morgan fingerprint density at radius 2 is 1.96 bits per heavy atom. The van der Waals surface area contributed by atoms with E-state index in [0.29, 0.717) is 0 Å². The molecular formula is C19H25N5. The van der Waals surface area contributed by atoms with Gasteiger partial charge in [0, 0.05) is 57.8 Å². The van der Waals surface area contributed by atoms with Crippen molar-refractivity contribution in [3.05, 3.63) is 60.6 Å². The molecule has 2 heterocycles. The Morgan fingerprint density at radius 1 is 1.08 bits per heavy atom. The van der Waals surface area contributed by atoms with Gasteiger partial charge in [0.25, 0.3) is 0 Å². The largest absolute Gasteiger partial charge is 0.357 e. The molecule has 0 spiro atoms. The van der Waals surface area contributed by atoms with Gasteiger partial charge in [0.2, 0.25) is 0 Å². The van der Waals surface area contributed by atoms with Crippen molar-refractivity contribution in [2.45, 2.75) is 19.5 Å². The normalized spacial score (nSPS) is 11.8. The Hall–Kier alpha value is -2.69. The van der Waals surface area contributed by atoms with Crippen molar-refractivity contribution in [1.29, 1.82) is 0 Å². The highest BCUT2D eigenvalue weighted by Gasteiger charge is 2.01. The number of fused-ring (bicyclic) bond motifs is 1. The molecule has 0 atom stereocenters. The maximum absolute atomic E-state index is 4.28. The molecule has 0 unspecified atom stereocenters. The number of para-hydroxylation sites is 1. The molecule has 0 aliphatic heterocycles. The third-order valence-corrected chi connectivity index (χ3v) is 4.13. The molecule has 0 saturated carbocycles. The zero-order valence-electron chi connectivity index (χ0n) is 14.4. The van der Waals surface area contributed by atoms with Gasteiger partial charge < -0.3 is 19.8 Å². The fourth-order valence-corrected chi connectivity index (χ4v) is 2.86. The molecule has 0 saturated heterocycles. The van der Waals surface area contributed by atoms with Gasteiger partial charge in [0.05, 0.1) is 0 Å². The maximum Gasteiger partial charge on any atom is 0.191 e. The van der Waals surface area contributed by atoms with Crippen LogP contribution in [-0.2, 0) is 20.1 Å². The minimum absolute atomic E-state index is 0.781.